The summed E-state index contributed by atoms with van der Waals surface area (Å²) in [5, 5.41) is 21.9. The van der Waals surface area contributed by atoms with Gasteiger partial charge in [-0.25, -0.2) is 0 Å². The first kappa shape index (κ1) is 28.8. The fourth-order valence-electron chi connectivity index (χ4n) is 6.69. The number of allylic oxidation sites excluding steroid dienone is 2. The molecule has 2 aliphatic carbocycles. The molecule has 0 radical (unpaired) electrons. The molecule has 0 unspecified atom stereocenters. The van der Waals surface area contributed by atoms with Gasteiger partial charge in [-0.1, -0.05) is 62.5 Å². The molecule has 2 bridgehead atoms. The lowest BCUT2D eigenvalue weighted by atomic mass is 9.94. The van der Waals surface area contributed by atoms with E-state index in [2.05, 4.69) is 63.3 Å². The Morgan fingerprint density at radius 2 is 1.51 bits per heavy atom. The van der Waals surface area contributed by atoms with Crippen molar-refractivity contribution in [3.05, 3.63) is 89.0 Å². The lowest BCUT2D eigenvalue weighted by Gasteiger charge is -2.16. The van der Waals surface area contributed by atoms with Crippen LogP contribution in [0.15, 0.2) is 89.1 Å². The smallest absolute Gasteiger partial charge is 0.309 e. The number of carbonyl (C=O) groups excluding carboxylic acids is 1. The molecule has 0 saturated heterocycles. The van der Waals surface area contributed by atoms with E-state index in [0.29, 0.717) is 24.1 Å². The van der Waals surface area contributed by atoms with Gasteiger partial charge in [0.15, 0.2) is 0 Å². The molecular formula is C35H38N4O4. The van der Waals surface area contributed by atoms with E-state index in [-0.39, 0.29) is 17.6 Å². The van der Waals surface area contributed by atoms with Crippen molar-refractivity contribution < 1.29 is 14.5 Å². The Bertz CT molecular complexity index is 1660. The van der Waals surface area contributed by atoms with Crippen molar-refractivity contribution in [2.24, 2.45) is 28.0 Å². The highest BCUT2D eigenvalue weighted by Crippen LogP contribution is 2.44. The van der Waals surface area contributed by atoms with E-state index in [4.69, 9.17) is 4.74 Å². The molecule has 1 aromatic heterocycles. The first-order valence-corrected chi connectivity index (χ1v) is 15.6. The average molecular weight is 579 g/mol. The number of para-hydroxylation sites is 1. The van der Waals surface area contributed by atoms with Crippen LogP contribution in [0.4, 0.5) is 17.1 Å². The number of hydrogen-bond donors (Lipinski definition) is 0. The summed E-state index contributed by atoms with van der Waals surface area (Å²) >= 11 is 0. The van der Waals surface area contributed by atoms with Crippen LogP contribution in [-0.4, -0.2) is 22.1 Å². The number of rotatable bonds is 14. The van der Waals surface area contributed by atoms with E-state index in [1.165, 1.54) is 54.2 Å². The Hall–Kier alpha value is -4.33. The minimum Gasteiger partial charge on any atom is -0.465 e. The first-order chi connectivity index (χ1) is 21.1. The van der Waals surface area contributed by atoms with E-state index in [9.17, 15) is 14.9 Å². The van der Waals surface area contributed by atoms with Crippen LogP contribution in [0.2, 0.25) is 0 Å². The van der Waals surface area contributed by atoms with Gasteiger partial charge in [0.1, 0.15) is 0 Å². The third kappa shape index (κ3) is 6.69. The fourth-order valence-corrected chi connectivity index (χ4v) is 6.69. The molecule has 0 spiro atoms. The number of aromatic nitrogens is 1. The lowest BCUT2D eigenvalue weighted by molar-refractivity contribution is -0.384. The van der Waals surface area contributed by atoms with Crippen molar-refractivity contribution in [2.45, 2.75) is 64.3 Å². The Balaban J connectivity index is 0.956. The number of ether oxygens (including phenoxy) is 1. The molecule has 1 saturated carbocycles. The Morgan fingerprint density at radius 1 is 0.814 bits per heavy atom. The molecule has 0 amide bonds. The number of unbranched alkanes of at least 4 members (excludes halogenated alkanes) is 6. The quantitative estimate of drug-likeness (QED) is 0.0371. The highest BCUT2D eigenvalue weighted by molar-refractivity contribution is 6.08. The normalized spacial score (nSPS) is 19.2. The summed E-state index contributed by atoms with van der Waals surface area (Å²) in [5.74, 6) is 1.15. The predicted octanol–water partition coefficient (Wildman–Crippen LogP) is 9.60. The SMILES string of the molecule is O=C(OCCCCCCCCCn1c2ccccc2c2cc(N=Nc3ccc([N+](=O)[O-])cc3)ccc21)[C@H]1C[C@H]2C=C[C@@H]1C2. The maximum absolute atomic E-state index is 12.3. The van der Waals surface area contributed by atoms with Crippen LogP contribution in [0.5, 0.6) is 0 Å². The molecule has 3 atom stereocenters. The largest absolute Gasteiger partial charge is 0.465 e. The van der Waals surface area contributed by atoms with Crippen LogP contribution in [-0.2, 0) is 16.1 Å². The Morgan fingerprint density at radius 3 is 2.26 bits per heavy atom. The highest BCUT2D eigenvalue weighted by atomic mass is 16.6. The highest BCUT2D eigenvalue weighted by Gasteiger charge is 2.40. The maximum atomic E-state index is 12.3. The third-order valence-corrected chi connectivity index (χ3v) is 8.95. The van der Waals surface area contributed by atoms with Gasteiger partial charge < -0.3 is 9.30 Å². The Labute approximate surface area is 251 Å². The van der Waals surface area contributed by atoms with E-state index in [0.717, 1.165) is 49.7 Å². The summed E-state index contributed by atoms with van der Waals surface area (Å²) in [6, 6.07) is 20.7. The van der Waals surface area contributed by atoms with Gasteiger partial charge in [0.25, 0.3) is 5.69 Å². The summed E-state index contributed by atoms with van der Waals surface area (Å²) < 4.78 is 7.99. The van der Waals surface area contributed by atoms with Gasteiger partial charge in [-0.15, -0.1) is 0 Å². The molecule has 222 valence electrons. The summed E-state index contributed by atoms with van der Waals surface area (Å²) in [5.41, 5.74) is 3.75. The second kappa shape index (κ2) is 13.3. The average Bonchev–Trinajstić information content (AvgIpc) is 3.75. The number of fused-ring (bicyclic) bond motifs is 5. The molecule has 0 aliphatic heterocycles. The zero-order valence-corrected chi connectivity index (χ0v) is 24.4. The maximum Gasteiger partial charge on any atom is 0.309 e. The molecule has 0 N–H and O–H groups in total. The summed E-state index contributed by atoms with van der Waals surface area (Å²) in [7, 11) is 0. The number of non-ortho nitro benzene ring substituents is 1. The molecule has 6 rings (SSSR count). The van der Waals surface area contributed by atoms with Gasteiger partial charge >= 0.3 is 5.97 Å². The Kier molecular flexibility index (Phi) is 8.91. The standard InChI is InChI=1S/C35H38N4O4/c40-35(31-23-25-12-13-26(31)22-25)43-21-9-5-3-1-2-4-8-20-38-33-11-7-6-10-30(33)32-24-28(16-19-34(32)38)37-36-27-14-17-29(18-15-27)39(41)42/h6-7,10-19,24-26,31H,1-5,8-9,20-23H2/t25-,26+,31-/m0/s1. The number of carbonyl (C=O) groups is 1. The van der Waals surface area contributed by atoms with Gasteiger partial charge in [-0.3, -0.25) is 14.9 Å². The van der Waals surface area contributed by atoms with Crippen molar-refractivity contribution in [1.29, 1.82) is 0 Å². The fraction of sp³-hybridized carbons (Fsp3) is 0.400. The minimum absolute atomic E-state index is 0.0183. The van der Waals surface area contributed by atoms with E-state index in [1.807, 2.05) is 6.07 Å². The molecule has 3 aromatic carbocycles. The van der Waals surface area contributed by atoms with Crippen molar-refractivity contribution in [3.8, 4) is 0 Å². The molecule has 8 nitrogen and oxygen atoms in total. The molecule has 2 aliphatic rings. The van der Waals surface area contributed by atoms with Crippen LogP contribution in [0.25, 0.3) is 21.8 Å². The predicted molar refractivity (Wildman–Crippen MR) is 169 cm³/mol. The van der Waals surface area contributed by atoms with Crippen LogP contribution < -0.4 is 0 Å². The molecule has 1 heterocycles. The van der Waals surface area contributed by atoms with Crippen LogP contribution in [0.3, 0.4) is 0 Å². The molecular weight excluding hydrogens is 540 g/mol. The van der Waals surface area contributed by atoms with Crippen molar-refractivity contribution in [3.63, 3.8) is 0 Å². The molecule has 43 heavy (non-hydrogen) atoms. The van der Waals surface area contributed by atoms with Crippen molar-refractivity contribution in [1.82, 2.24) is 4.57 Å². The number of nitrogens with zero attached hydrogens (tertiary/aromatic N) is 4. The molecule has 1 fully saturated rings. The number of esters is 1. The van der Waals surface area contributed by atoms with Crippen molar-refractivity contribution >= 4 is 44.8 Å². The molecule has 4 aromatic rings. The monoisotopic (exact) mass is 578 g/mol. The second-order valence-corrected chi connectivity index (χ2v) is 11.9. The number of azo groups is 1. The topological polar surface area (TPSA) is 99.1 Å². The number of hydrogen-bond acceptors (Lipinski definition) is 6. The van der Waals surface area contributed by atoms with Gasteiger partial charge in [0.2, 0.25) is 0 Å². The zero-order valence-electron chi connectivity index (χ0n) is 24.4. The zero-order chi connectivity index (χ0) is 29.6. The van der Waals surface area contributed by atoms with E-state index < -0.39 is 4.92 Å². The summed E-state index contributed by atoms with van der Waals surface area (Å²) in [6.07, 6.45) is 14.6. The number of nitro benzene ring substituents is 1. The number of aryl methyl sites for hydroxylation is 1. The van der Waals surface area contributed by atoms with Crippen molar-refractivity contribution in [2.75, 3.05) is 6.61 Å². The van der Waals surface area contributed by atoms with Crippen LogP contribution in [0, 0.1) is 27.9 Å². The van der Waals surface area contributed by atoms with E-state index >= 15 is 0 Å². The lowest BCUT2D eigenvalue weighted by Crippen LogP contribution is -2.21. The first-order valence-electron chi connectivity index (χ1n) is 15.6. The van der Waals surface area contributed by atoms with Crippen LogP contribution >= 0.6 is 0 Å². The second-order valence-electron chi connectivity index (χ2n) is 11.9. The van der Waals surface area contributed by atoms with E-state index in [1.54, 1.807) is 12.1 Å². The molecule has 8 heteroatoms. The third-order valence-electron chi connectivity index (χ3n) is 8.95. The number of nitro groups is 1. The van der Waals surface area contributed by atoms with Crippen LogP contribution in [0.1, 0.15) is 57.8 Å². The summed E-state index contributed by atoms with van der Waals surface area (Å²) in [4.78, 5) is 22.8. The van der Waals surface area contributed by atoms with Gasteiger partial charge in [-0.2, -0.15) is 10.2 Å². The van der Waals surface area contributed by atoms with Gasteiger partial charge in [-0.05, 0) is 73.9 Å². The van der Waals surface area contributed by atoms with Gasteiger partial charge in [0.05, 0.1) is 28.8 Å². The minimum atomic E-state index is -0.425. The number of benzene rings is 3. The summed E-state index contributed by atoms with van der Waals surface area (Å²) in [6.45, 7) is 1.52. The van der Waals surface area contributed by atoms with Gasteiger partial charge in [0, 0.05) is 40.5 Å².